The third-order valence-electron chi connectivity index (χ3n) is 9.17. The van der Waals surface area contributed by atoms with E-state index in [1.165, 1.54) is 71.2 Å². The van der Waals surface area contributed by atoms with Crippen LogP contribution in [0.25, 0.3) is 71.3 Å². The number of hydrogen-bond acceptors (Lipinski definition) is 1. The van der Waals surface area contributed by atoms with E-state index in [0.717, 1.165) is 11.2 Å². The number of aromatic nitrogens is 2. The van der Waals surface area contributed by atoms with E-state index < -0.39 is 0 Å². The van der Waals surface area contributed by atoms with Crippen molar-refractivity contribution in [1.29, 1.82) is 0 Å². The Labute approximate surface area is 232 Å². The molecular formula is C38H26N2. The van der Waals surface area contributed by atoms with Crippen LogP contribution in [0.2, 0.25) is 0 Å². The van der Waals surface area contributed by atoms with E-state index in [9.17, 15) is 0 Å². The number of hydrogen-bond donors (Lipinski definition) is 0. The molecule has 40 heavy (non-hydrogen) atoms. The second-order valence-corrected chi connectivity index (χ2v) is 11.6. The highest BCUT2D eigenvalue weighted by Gasteiger charge is 2.35. The van der Waals surface area contributed by atoms with Gasteiger partial charge in [-0.15, -0.1) is 0 Å². The molecule has 0 atom stereocenters. The SMILES string of the molecule is CC1(C)c2ccccc2-c2ccc(-c3ccc4c(c3)c3c5ccccc5ccc3c3nc5ccccn5c43)cc21. The first kappa shape index (κ1) is 21.9. The van der Waals surface area contributed by atoms with Crippen molar-refractivity contribution >= 4 is 49.0 Å². The van der Waals surface area contributed by atoms with E-state index in [1.807, 2.05) is 0 Å². The van der Waals surface area contributed by atoms with Gasteiger partial charge in [0.15, 0.2) is 0 Å². The number of nitrogens with zero attached hydrogens (tertiary/aromatic N) is 2. The van der Waals surface area contributed by atoms with E-state index in [2.05, 4.69) is 140 Å². The van der Waals surface area contributed by atoms with Gasteiger partial charge < -0.3 is 0 Å². The van der Waals surface area contributed by atoms with Crippen LogP contribution < -0.4 is 0 Å². The minimum atomic E-state index is -0.0235. The molecule has 8 aromatic rings. The average Bonchev–Trinajstić information content (AvgIpc) is 3.50. The van der Waals surface area contributed by atoms with Crippen LogP contribution in [0.3, 0.4) is 0 Å². The van der Waals surface area contributed by atoms with Crippen molar-refractivity contribution in [2.45, 2.75) is 19.3 Å². The largest absolute Gasteiger partial charge is 0.299 e. The summed E-state index contributed by atoms with van der Waals surface area (Å²) in [5, 5.41) is 7.50. The predicted octanol–water partition coefficient (Wildman–Crippen LogP) is 9.92. The van der Waals surface area contributed by atoms with Crippen molar-refractivity contribution in [2.75, 3.05) is 0 Å². The Kier molecular flexibility index (Phi) is 4.15. The number of rotatable bonds is 1. The molecular weight excluding hydrogens is 484 g/mol. The Balaban J connectivity index is 1.38. The number of benzene rings is 6. The molecule has 0 spiro atoms. The molecule has 2 nitrogen and oxygen atoms in total. The van der Waals surface area contributed by atoms with Crippen molar-refractivity contribution in [3.63, 3.8) is 0 Å². The normalized spacial score (nSPS) is 13.9. The summed E-state index contributed by atoms with van der Waals surface area (Å²) in [5.41, 5.74) is 11.2. The van der Waals surface area contributed by atoms with Crippen LogP contribution in [0.15, 0.2) is 121 Å². The molecule has 188 valence electrons. The number of fused-ring (bicyclic) bond motifs is 13. The van der Waals surface area contributed by atoms with Crippen LogP contribution in [0.4, 0.5) is 0 Å². The molecule has 0 unspecified atom stereocenters. The third-order valence-corrected chi connectivity index (χ3v) is 9.17. The maximum Gasteiger partial charge on any atom is 0.137 e. The van der Waals surface area contributed by atoms with Crippen molar-refractivity contribution < 1.29 is 0 Å². The second-order valence-electron chi connectivity index (χ2n) is 11.6. The Bertz CT molecular complexity index is 2350. The van der Waals surface area contributed by atoms with E-state index in [4.69, 9.17) is 4.98 Å². The zero-order chi connectivity index (χ0) is 26.6. The molecule has 0 amide bonds. The highest BCUT2D eigenvalue weighted by Crippen LogP contribution is 2.50. The fraction of sp³-hybridized carbons (Fsp3) is 0.0789. The lowest BCUT2D eigenvalue weighted by atomic mass is 9.81. The lowest BCUT2D eigenvalue weighted by Crippen LogP contribution is -2.14. The van der Waals surface area contributed by atoms with Crippen LogP contribution in [0, 0.1) is 0 Å². The summed E-state index contributed by atoms with van der Waals surface area (Å²) in [6.07, 6.45) is 2.13. The van der Waals surface area contributed by atoms with Crippen LogP contribution in [0.5, 0.6) is 0 Å². The molecule has 0 bridgehead atoms. The van der Waals surface area contributed by atoms with Gasteiger partial charge in [0.25, 0.3) is 0 Å². The molecule has 2 aromatic heterocycles. The highest BCUT2D eigenvalue weighted by molar-refractivity contribution is 6.30. The molecule has 0 saturated heterocycles. The molecule has 0 N–H and O–H groups in total. The summed E-state index contributed by atoms with van der Waals surface area (Å²) in [5.74, 6) is 0. The Morgan fingerprint density at radius 2 is 1.32 bits per heavy atom. The first-order chi connectivity index (χ1) is 19.6. The van der Waals surface area contributed by atoms with Crippen LogP contribution >= 0.6 is 0 Å². The van der Waals surface area contributed by atoms with E-state index in [-0.39, 0.29) is 5.41 Å². The van der Waals surface area contributed by atoms with Gasteiger partial charge in [-0.05, 0) is 79.2 Å². The van der Waals surface area contributed by atoms with E-state index >= 15 is 0 Å². The molecule has 6 aromatic carbocycles. The second kappa shape index (κ2) is 7.58. The molecule has 1 aliphatic carbocycles. The first-order valence-corrected chi connectivity index (χ1v) is 14.0. The molecule has 0 aliphatic heterocycles. The van der Waals surface area contributed by atoms with E-state index in [0.29, 0.717) is 0 Å². The third kappa shape index (κ3) is 2.75. The van der Waals surface area contributed by atoms with Gasteiger partial charge in [0, 0.05) is 22.4 Å². The zero-order valence-electron chi connectivity index (χ0n) is 22.4. The average molecular weight is 511 g/mol. The lowest BCUT2D eigenvalue weighted by molar-refractivity contribution is 0.660. The van der Waals surface area contributed by atoms with Crippen LogP contribution in [-0.4, -0.2) is 9.38 Å². The minimum absolute atomic E-state index is 0.0235. The van der Waals surface area contributed by atoms with Crippen LogP contribution in [-0.2, 0) is 5.41 Å². The molecule has 0 saturated carbocycles. The number of imidazole rings is 1. The quantitative estimate of drug-likeness (QED) is 0.201. The van der Waals surface area contributed by atoms with Gasteiger partial charge in [-0.3, -0.25) is 4.40 Å². The van der Waals surface area contributed by atoms with Crippen LogP contribution in [0.1, 0.15) is 25.0 Å². The van der Waals surface area contributed by atoms with E-state index in [1.54, 1.807) is 0 Å². The molecule has 9 rings (SSSR count). The fourth-order valence-corrected chi connectivity index (χ4v) is 7.22. The smallest absolute Gasteiger partial charge is 0.137 e. The van der Waals surface area contributed by atoms with Crippen molar-refractivity contribution in [1.82, 2.24) is 9.38 Å². The first-order valence-electron chi connectivity index (χ1n) is 14.0. The Hall–Kier alpha value is -4.95. The van der Waals surface area contributed by atoms with Gasteiger partial charge in [-0.25, -0.2) is 4.98 Å². The topological polar surface area (TPSA) is 17.3 Å². The summed E-state index contributed by atoms with van der Waals surface area (Å²) >= 11 is 0. The summed E-state index contributed by atoms with van der Waals surface area (Å²) in [6.45, 7) is 4.70. The minimum Gasteiger partial charge on any atom is -0.299 e. The van der Waals surface area contributed by atoms with Gasteiger partial charge in [-0.2, -0.15) is 0 Å². The maximum absolute atomic E-state index is 5.12. The fourth-order valence-electron chi connectivity index (χ4n) is 7.22. The van der Waals surface area contributed by atoms with Crippen molar-refractivity contribution in [3.8, 4) is 22.3 Å². The van der Waals surface area contributed by atoms with Crippen molar-refractivity contribution in [2.24, 2.45) is 0 Å². The lowest BCUT2D eigenvalue weighted by Gasteiger charge is -2.22. The summed E-state index contributed by atoms with van der Waals surface area (Å²) < 4.78 is 2.24. The molecule has 1 aliphatic rings. The van der Waals surface area contributed by atoms with Gasteiger partial charge in [-0.1, -0.05) is 105 Å². The Morgan fingerprint density at radius 1 is 0.575 bits per heavy atom. The highest BCUT2D eigenvalue weighted by atomic mass is 15.0. The zero-order valence-corrected chi connectivity index (χ0v) is 22.4. The van der Waals surface area contributed by atoms with Crippen molar-refractivity contribution in [3.05, 3.63) is 133 Å². The summed E-state index contributed by atoms with van der Waals surface area (Å²) in [6, 6.07) is 42.4. The molecule has 0 fully saturated rings. The predicted molar refractivity (Wildman–Crippen MR) is 168 cm³/mol. The Morgan fingerprint density at radius 3 is 2.27 bits per heavy atom. The van der Waals surface area contributed by atoms with Gasteiger partial charge in [0.1, 0.15) is 5.65 Å². The molecule has 2 heteroatoms. The summed E-state index contributed by atoms with van der Waals surface area (Å²) in [4.78, 5) is 5.12. The monoisotopic (exact) mass is 510 g/mol. The standard InChI is InChI=1S/C38H26N2/c1-38(2)32-12-6-5-11-27(32)28-17-15-25(22-33(28)38)24-16-18-29-31(21-24)35-26-10-4-3-9-23(26)14-19-30(35)36-37(29)40-20-8-7-13-34(40)39-36/h3-22H,1-2H3. The van der Waals surface area contributed by atoms with Gasteiger partial charge in [0.2, 0.25) is 0 Å². The molecule has 2 heterocycles. The molecule has 0 radical (unpaired) electrons. The van der Waals surface area contributed by atoms with Gasteiger partial charge >= 0.3 is 0 Å². The van der Waals surface area contributed by atoms with Gasteiger partial charge in [0.05, 0.1) is 11.0 Å². The maximum atomic E-state index is 5.12. The number of pyridine rings is 1. The summed E-state index contributed by atoms with van der Waals surface area (Å²) in [7, 11) is 0.